The standard InChI is InChI=1S/C20H19NO6S/c1-11(2)18(21-19(24)16-4-3-7-28-16)20(25)26-10-12-8-17(23)27-15-9-13(22)5-6-14(12)15/h3-9,11,18,22H,10H2,1-2H3,(H,21,24)/t18-/m1/s1. The zero-order valence-electron chi connectivity index (χ0n) is 15.3. The molecule has 8 heteroatoms. The molecular formula is C20H19NO6S. The number of hydrogen-bond acceptors (Lipinski definition) is 7. The van der Waals surface area contributed by atoms with Crippen LogP contribution in [0.15, 0.2) is 51.0 Å². The number of hydrogen-bond donors (Lipinski definition) is 2. The summed E-state index contributed by atoms with van der Waals surface area (Å²) in [6.07, 6.45) is 0. The molecule has 0 aliphatic carbocycles. The summed E-state index contributed by atoms with van der Waals surface area (Å²) in [4.78, 5) is 37.1. The molecule has 1 atom stereocenters. The second-order valence-corrected chi connectivity index (χ2v) is 7.50. The van der Waals surface area contributed by atoms with E-state index in [2.05, 4.69) is 5.32 Å². The van der Waals surface area contributed by atoms with E-state index in [-0.39, 0.29) is 29.8 Å². The summed E-state index contributed by atoms with van der Waals surface area (Å²) in [6.45, 7) is 3.44. The highest BCUT2D eigenvalue weighted by atomic mass is 32.1. The van der Waals surface area contributed by atoms with Gasteiger partial charge in [-0.15, -0.1) is 11.3 Å². The number of rotatable bonds is 6. The molecule has 0 bridgehead atoms. The number of carbonyl (C=O) groups is 2. The van der Waals surface area contributed by atoms with Crippen LogP contribution in [0, 0.1) is 5.92 Å². The Balaban J connectivity index is 1.75. The average Bonchev–Trinajstić information content (AvgIpc) is 3.17. The molecule has 28 heavy (non-hydrogen) atoms. The summed E-state index contributed by atoms with van der Waals surface area (Å²) in [6, 6.07) is 8.19. The van der Waals surface area contributed by atoms with E-state index in [1.54, 1.807) is 37.4 Å². The smallest absolute Gasteiger partial charge is 0.336 e. The molecule has 1 amide bonds. The van der Waals surface area contributed by atoms with Crippen molar-refractivity contribution in [1.29, 1.82) is 0 Å². The third-order valence-electron chi connectivity index (χ3n) is 4.14. The first-order valence-electron chi connectivity index (χ1n) is 8.62. The normalized spacial score (nSPS) is 12.1. The van der Waals surface area contributed by atoms with Gasteiger partial charge in [-0.1, -0.05) is 19.9 Å². The number of aromatic hydroxyl groups is 1. The Labute approximate surface area is 164 Å². The zero-order valence-corrected chi connectivity index (χ0v) is 16.1. The fourth-order valence-corrected chi connectivity index (χ4v) is 3.32. The Morgan fingerprint density at radius 3 is 2.71 bits per heavy atom. The van der Waals surface area contributed by atoms with Crippen LogP contribution in [0.5, 0.6) is 5.75 Å². The fraction of sp³-hybridized carbons (Fsp3) is 0.250. The summed E-state index contributed by atoms with van der Waals surface area (Å²) in [5.74, 6) is -1.17. The van der Waals surface area contributed by atoms with Crippen molar-refractivity contribution < 1.29 is 23.8 Å². The second kappa shape index (κ2) is 8.26. The summed E-state index contributed by atoms with van der Waals surface area (Å²) >= 11 is 1.28. The van der Waals surface area contributed by atoms with Crippen molar-refractivity contribution in [2.24, 2.45) is 5.92 Å². The summed E-state index contributed by atoms with van der Waals surface area (Å²) in [5, 5.41) is 14.6. The number of phenolic OH excluding ortho intramolecular Hbond substituents is 1. The van der Waals surface area contributed by atoms with Crippen molar-refractivity contribution in [2.75, 3.05) is 0 Å². The number of nitrogens with one attached hydrogen (secondary N) is 1. The molecule has 2 aromatic heterocycles. The topological polar surface area (TPSA) is 106 Å². The first-order chi connectivity index (χ1) is 13.3. The van der Waals surface area contributed by atoms with Gasteiger partial charge in [-0.25, -0.2) is 9.59 Å². The monoisotopic (exact) mass is 401 g/mol. The van der Waals surface area contributed by atoms with Crippen LogP contribution in [-0.2, 0) is 16.1 Å². The van der Waals surface area contributed by atoms with Gasteiger partial charge in [0.1, 0.15) is 24.0 Å². The fourth-order valence-electron chi connectivity index (χ4n) is 2.69. The van der Waals surface area contributed by atoms with Gasteiger partial charge in [0.05, 0.1) is 4.88 Å². The van der Waals surface area contributed by atoms with Gasteiger partial charge >= 0.3 is 11.6 Å². The summed E-state index contributed by atoms with van der Waals surface area (Å²) in [7, 11) is 0. The summed E-state index contributed by atoms with van der Waals surface area (Å²) in [5.41, 5.74) is 0.0344. The lowest BCUT2D eigenvalue weighted by molar-refractivity contribution is -0.148. The second-order valence-electron chi connectivity index (χ2n) is 6.55. The maximum absolute atomic E-state index is 12.6. The molecule has 0 spiro atoms. The summed E-state index contributed by atoms with van der Waals surface area (Å²) < 4.78 is 10.4. The molecule has 146 valence electrons. The number of esters is 1. The number of thiophene rings is 1. The van der Waals surface area contributed by atoms with E-state index in [1.165, 1.54) is 29.5 Å². The number of carbonyl (C=O) groups excluding carboxylic acids is 2. The van der Waals surface area contributed by atoms with Gasteiger partial charge in [-0.3, -0.25) is 4.79 Å². The van der Waals surface area contributed by atoms with Crippen molar-refractivity contribution in [1.82, 2.24) is 5.32 Å². The Morgan fingerprint density at radius 2 is 2.04 bits per heavy atom. The maximum atomic E-state index is 12.6. The number of ether oxygens (including phenoxy) is 1. The highest BCUT2D eigenvalue weighted by Gasteiger charge is 2.26. The lowest BCUT2D eigenvalue weighted by atomic mass is 10.0. The predicted molar refractivity (Wildman–Crippen MR) is 104 cm³/mol. The molecule has 3 aromatic rings. The first kappa shape index (κ1) is 19.6. The van der Waals surface area contributed by atoms with Gasteiger partial charge in [-0.05, 0) is 29.5 Å². The van der Waals surface area contributed by atoms with Crippen LogP contribution in [0.3, 0.4) is 0 Å². The Bertz CT molecular complexity index is 1050. The predicted octanol–water partition coefficient (Wildman–Crippen LogP) is 3.06. The largest absolute Gasteiger partial charge is 0.508 e. The highest BCUT2D eigenvalue weighted by Crippen LogP contribution is 2.22. The third kappa shape index (κ3) is 4.40. The van der Waals surface area contributed by atoms with E-state index >= 15 is 0 Å². The highest BCUT2D eigenvalue weighted by molar-refractivity contribution is 7.12. The molecular weight excluding hydrogens is 382 g/mol. The van der Waals surface area contributed by atoms with Crippen molar-refractivity contribution in [3.05, 3.63) is 62.6 Å². The van der Waals surface area contributed by atoms with Crippen molar-refractivity contribution >= 4 is 34.2 Å². The van der Waals surface area contributed by atoms with Crippen LogP contribution in [0.4, 0.5) is 0 Å². The molecule has 0 aliphatic rings. The minimum atomic E-state index is -0.829. The Hall–Kier alpha value is -3.13. The van der Waals surface area contributed by atoms with Gasteiger partial charge in [0.25, 0.3) is 5.91 Å². The molecule has 7 nitrogen and oxygen atoms in total. The Kier molecular flexibility index (Phi) is 5.79. The molecule has 0 aliphatic heterocycles. The lowest BCUT2D eigenvalue weighted by Crippen LogP contribution is -2.45. The molecule has 0 fully saturated rings. The van der Waals surface area contributed by atoms with Crippen molar-refractivity contribution in [3.8, 4) is 5.75 Å². The number of fused-ring (bicyclic) bond motifs is 1. The van der Waals surface area contributed by atoms with Crippen LogP contribution in [0.1, 0.15) is 29.1 Å². The number of phenols is 1. The first-order valence-corrected chi connectivity index (χ1v) is 9.50. The molecule has 1 aromatic carbocycles. The van der Waals surface area contributed by atoms with E-state index in [0.717, 1.165) is 0 Å². The van der Waals surface area contributed by atoms with Crippen LogP contribution in [0.25, 0.3) is 11.0 Å². The molecule has 0 unspecified atom stereocenters. The van der Waals surface area contributed by atoms with E-state index in [4.69, 9.17) is 9.15 Å². The minimum absolute atomic E-state index is 0.0408. The van der Waals surface area contributed by atoms with Crippen LogP contribution in [0.2, 0.25) is 0 Å². The third-order valence-corrected chi connectivity index (χ3v) is 5.00. The van der Waals surface area contributed by atoms with Crippen LogP contribution < -0.4 is 10.9 Å². The van der Waals surface area contributed by atoms with E-state index in [9.17, 15) is 19.5 Å². The van der Waals surface area contributed by atoms with Crippen LogP contribution in [-0.4, -0.2) is 23.0 Å². The SMILES string of the molecule is CC(C)[C@@H](NC(=O)c1cccs1)C(=O)OCc1cc(=O)oc2cc(O)ccc12. The average molecular weight is 401 g/mol. The van der Waals surface area contributed by atoms with Gasteiger partial charge in [0.15, 0.2) is 0 Å². The van der Waals surface area contributed by atoms with Gasteiger partial charge < -0.3 is 19.6 Å². The molecule has 2 N–H and O–H groups in total. The Morgan fingerprint density at radius 1 is 1.25 bits per heavy atom. The van der Waals surface area contributed by atoms with E-state index in [0.29, 0.717) is 15.8 Å². The molecule has 0 saturated carbocycles. The van der Waals surface area contributed by atoms with E-state index in [1.807, 2.05) is 0 Å². The molecule has 2 heterocycles. The van der Waals surface area contributed by atoms with Crippen LogP contribution >= 0.6 is 11.3 Å². The molecule has 0 saturated heterocycles. The zero-order chi connectivity index (χ0) is 20.3. The lowest BCUT2D eigenvalue weighted by Gasteiger charge is -2.20. The van der Waals surface area contributed by atoms with Gasteiger partial charge in [-0.2, -0.15) is 0 Å². The molecule has 3 rings (SSSR count). The van der Waals surface area contributed by atoms with Crippen molar-refractivity contribution in [3.63, 3.8) is 0 Å². The maximum Gasteiger partial charge on any atom is 0.336 e. The van der Waals surface area contributed by atoms with E-state index < -0.39 is 17.6 Å². The number of benzene rings is 1. The van der Waals surface area contributed by atoms with Crippen molar-refractivity contribution in [2.45, 2.75) is 26.5 Å². The van der Waals surface area contributed by atoms with Gasteiger partial charge in [0.2, 0.25) is 0 Å². The number of amides is 1. The minimum Gasteiger partial charge on any atom is -0.508 e. The quantitative estimate of drug-likeness (QED) is 0.486. The molecule has 0 radical (unpaired) electrons. The van der Waals surface area contributed by atoms with Gasteiger partial charge in [0, 0.05) is 23.1 Å².